The molecule has 0 spiro atoms. The summed E-state index contributed by atoms with van der Waals surface area (Å²) in [5.74, 6) is 4.78. The maximum Gasteiger partial charge on any atom is 0.265 e. The Balaban J connectivity index is 2.74. The summed E-state index contributed by atoms with van der Waals surface area (Å²) < 4.78 is 0.897. The van der Waals surface area contributed by atoms with E-state index >= 15 is 0 Å². The highest BCUT2D eigenvalue weighted by Gasteiger charge is 2.08. The number of amides is 1. The van der Waals surface area contributed by atoms with Crippen LogP contribution in [0.4, 0.5) is 0 Å². The number of aromatic nitrogens is 1. The molecule has 5 heteroatoms. The summed E-state index contributed by atoms with van der Waals surface area (Å²) in [7, 11) is 0. The van der Waals surface area contributed by atoms with E-state index in [0.29, 0.717) is 5.56 Å². The zero-order valence-corrected chi connectivity index (χ0v) is 9.28. The number of hydrazine groups is 1. The first-order valence-electron chi connectivity index (χ1n) is 4.27. The summed E-state index contributed by atoms with van der Waals surface area (Å²) in [5, 5.41) is 0.773. The quantitative estimate of drug-likeness (QED) is 0.468. The molecule has 0 saturated carbocycles. The topological polar surface area (TPSA) is 68.0 Å². The number of rotatable bonds is 1. The molecule has 15 heavy (non-hydrogen) atoms. The summed E-state index contributed by atoms with van der Waals surface area (Å²) in [6, 6.07) is 7.19. The predicted molar refractivity (Wildman–Crippen MR) is 61.1 cm³/mol. The molecule has 0 unspecified atom stereocenters. The van der Waals surface area contributed by atoms with Crippen molar-refractivity contribution in [3.8, 4) is 0 Å². The average molecular weight is 266 g/mol. The van der Waals surface area contributed by atoms with Gasteiger partial charge < -0.3 is 0 Å². The van der Waals surface area contributed by atoms with Gasteiger partial charge >= 0.3 is 0 Å². The molecule has 0 fully saturated rings. The van der Waals surface area contributed by atoms with Crippen molar-refractivity contribution in [2.45, 2.75) is 0 Å². The van der Waals surface area contributed by atoms with Crippen LogP contribution < -0.4 is 11.3 Å². The Labute approximate surface area is 94.6 Å². The third-order valence-corrected chi connectivity index (χ3v) is 2.57. The highest BCUT2D eigenvalue weighted by molar-refractivity contribution is 9.10. The minimum absolute atomic E-state index is 0.319. The van der Waals surface area contributed by atoms with Gasteiger partial charge in [0.15, 0.2) is 0 Å². The number of benzene rings is 1. The van der Waals surface area contributed by atoms with Crippen molar-refractivity contribution >= 4 is 32.7 Å². The molecular weight excluding hydrogens is 258 g/mol. The Morgan fingerprint density at radius 3 is 2.93 bits per heavy atom. The van der Waals surface area contributed by atoms with Gasteiger partial charge in [0.25, 0.3) is 5.91 Å². The Bertz CT molecular complexity index is 527. The first-order chi connectivity index (χ1) is 7.22. The second-order valence-corrected chi connectivity index (χ2v) is 3.91. The second kappa shape index (κ2) is 3.96. The van der Waals surface area contributed by atoms with E-state index in [1.54, 1.807) is 12.3 Å². The fourth-order valence-electron chi connectivity index (χ4n) is 1.39. The van der Waals surface area contributed by atoms with Gasteiger partial charge in [-0.05, 0) is 24.3 Å². The monoisotopic (exact) mass is 265 g/mol. The van der Waals surface area contributed by atoms with Crippen LogP contribution >= 0.6 is 15.9 Å². The fourth-order valence-corrected chi connectivity index (χ4v) is 1.76. The van der Waals surface area contributed by atoms with E-state index in [9.17, 15) is 4.79 Å². The predicted octanol–water partition coefficient (Wildman–Crippen LogP) is 1.60. The largest absolute Gasteiger partial charge is 0.290 e. The van der Waals surface area contributed by atoms with Gasteiger partial charge in [0.2, 0.25) is 0 Å². The van der Waals surface area contributed by atoms with Crippen LogP contribution in [0.25, 0.3) is 10.9 Å². The maximum atomic E-state index is 11.5. The molecule has 4 nitrogen and oxygen atoms in total. The van der Waals surface area contributed by atoms with E-state index in [2.05, 4.69) is 26.3 Å². The van der Waals surface area contributed by atoms with Crippen molar-refractivity contribution in [1.29, 1.82) is 0 Å². The Kier molecular flexibility index (Phi) is 2.66. The van der Waals surface area contributed by atoms with Crippen LogP contribution in [0.15, 0.2) is 34.9 Å². The third kappa shape index (κ3) is 1.84. The normalized spacial score (nSPS) is 10.3. The van der Waals surface area contributed by atoms with E-state index < -0.39 is 0 Å². The number of nitrogens with one attached hydrogen (secondary N) is 1. The van der Waals surface area contributed by atoms with Crippen LogP contribution in [0.3, 0.4) is 0 Å². The number of hydrogen-bond acceptors (Lipinski definition) is 3. The number of pyridine rings is 1. The molecule has 2 aromatic rings. The van der Waals surface area contributed by atoms with Crippen molar-refractivity contribution < 1.29 is 4.79 Å². The smallest absolute Gasteiger partial charge is 0.265 e. The molecule has 1 aromatic heterocycles. The summed E-state index contributed by atoms with van der Waals surface area (Å²) in [6.07, 6.45) is 1.58. The average Bonchev–Trinajstić information content (AvgIpc) is 2.27. The Hall–Kier alpha value is -1.46. The van der Waals surface area contributed by atoms with E-state index in [-0.39, 0.29) is 5.91 Å². The minimum Gasteiger partial charge on any atom is -0.290 e. The number of halogens is 1. The summed E-state index contributed by atoms with van der Waals surface area (Å²) in [6.45, 7) is 0. The standard InChI is InChI=1S/C10H8BrN3O/c11-6-1-2-9-8(5-6)7(3-4-13-9)10(15)14-12/h1-5H,12H2,(H,14,15). The van der Waals surface area contributed by atoms with Crippen molar-refractivity contribution in [3.63, 3.8) is 0 Å². The summed E-state index contributed by atoms with van der Waals surface area (Å²) in [4.78, 5) is 15.6. The third-order valence-electron chi connectivity index (χ3n) is 2.08. The SMILES string of the molecule is NNC(=O)c1ccnc2ccc(Br)cc12. The number of fused-ring (bicyclic) bond motifs is 1. The van der Waals surface area contributed by atoms with Gasteiger partial charge in [0.05, 0.1) is 11.1 Å². The molecule has 0 aliphatic heterocycles. The van der Waals surface area contributed by atoms with Gasteiger partial charge in [-0.2, -0.15) is 0 Å². The molecule has 3 N–H and O–H groups in total. The van der Waals surface area contributed by atoms with Gasteiger partial charge in [0.1, 0.15) is 0 Å². The van der Waals surface area contributed by atoms with Crippen LogP contribution in [0.1, 0.15) is 10.4 Å². The molecule has 0 bridgehead atoms. The number of hydrogen-bond donors (Lipinski definition) is 2. The number of nitrogen functional groups attached to an aromatic ring is 1. The van der Waals surface area contributed by atoms with Crippen molar-refractivity contribution in [3.05, 3.63) is 40.5 Å². The fraction of sp³-hybridized carbons (Fsp3) is 0. The number of carbonyl (C=O) groups is 1. The van der Waals surface area contributed by atoms with E-state index in [1.165, 1.54) is 0 Å². The van der Waals surface area contributed by atoms with Crippen LogP contribution in [0.5, 0.6) is 0 Å². The number of nitrogens with zero attached hydrogens (tertiary/aromatic N) is 1. The van der Waals surface area contributed by atoms with Gasteiger partial charge in [-0.25, -0.2) is 5.84 Å². The van der Waals surface area contributed by atoms with E-state index in [1.807, 2.05) is 18.2 Å². The van der Waals surface area contributed by atoms with Crippen LogP contribution in [0, 0.1) is 0 Å². The zero-order chi connectivity index (χ0) is 10.8. The molecule has 0 saturated heterocycles. The first-order valence-corrected chi connectivity index (χ1v) is 5.07. The van der Waals surface area contributed by atoms with Gasteiger partial charge in [-0.3, -0.25) is 15.2 Å². The maximum absolute atomic E-state index is 11.5. The molecule has 1 heterocycles. The lowest BCUT2D eigenvalue weighted by Crippen LogP contribution is -2.30. The van der Waals surface area contributed by atoms with E-state index in [4.69, 9.17) is 5.84 Å². The van der Waals surface area contributed by atoms with E-state index in [0.717, 1.165) is 15.4 Å². The molecule has 1 aromatic carbocycles. The minimum atomic E-state index is -0.319. The molecule has 0 atom stereocenters. The van der Waals surface area contributed by atoms with Crippen molar-refractivity contribution in [1.82, 2.24) is 10.4 Å². The second-order valence-electron chi connectivity index (χ2n) is 2.99. The molecular formula is C10H8BrN3O. The highest BCUT2D eigenvalue weighted by atomic mass is 79.9. The summed E-state index contributed by atoms with van der Waals surface area (Å²) in [5.41, 5.74) is 3.39. The number of nitrogens with two attached hydrogens (primary N) is 1. The van der Waals surface area contributed by atoms with Gasteiger partial charge in [0, 0.05) is 16.1 Å². The molecule has 76 valence electrons. The molecule has 0 aliphatic rings. The molecule has 1 amide bonds. The van der Waals surface area contributed by atoms with Gasteiger partial charge in [-0.1, -0.05) is 15.9 Å². The van der Waals surface area contributed by atoms with Crippen LogP contribution in [-0.2, 0) is 0 Å². The zero-order valence-electron chi connectivity index (χ0n) is 7.70. The molecule has 0 radical (unpaired) electrons. The molecule has 2 rings (SSSR count). The first kappa shape index (κ1) is 10.1. The summed E-state index contributed by atoms with van der Waals surface area (Å²) >= 11 is 3.35. The van der Waals surface area contributed by atoms with Crippen LogP contribution in [0.2, 0.25) is 0 Å². The van der Waals surface area contributed by atoms with Gasteiger partial charge in [-0.15, -0.1) is 0 Å². The Morgan fingerprint density at radius 1 is 1.40 bits per heavy atom. The lowest BCUT2D eigenvalue weighted by molar-refractivity contribution is 0.0955. The van der Waals surface area contributed by atoms with Crippen molar-refractivity contribution in [2.75, 3.05) is 0 Å². The highest BCUT2D eigenvalue weighted by Crippen LogP contribution is 2.21. The lowest BCUT2D eigenvalue weighted by Gasteiger charge is -2.04. The molecule has 0 aliphatic carbocycles. The number of carbonyl (C=O) groups excluding carboxylic acids is 1. The Morgan fingerprint density at radius 2 is 2.20 bits per heavy atom. The lowest BCUT2D eigenvalue weighted by atomic mass is 10.1. The van der Waals surface area contributed by atoms with Crippen LogP contribution in [-0.4, -0.2) is 10.9 Å². The van der Waals surface area contributed by atoms with Crippen molar-refractivity contribution in [2.24, 2.45) is 5.84 Å².